The van der Waals surface area contributed by atoms with Gasteiger partial charge in [0.2, 0.25) is 5.91 Å². The zero-order chi connectivity index (χ0) is 14.6. The molecule has 0 spiro atoms. The van der Waals surface area contributed by atoms with Gasteiger partial charge in [0, 0.05) is 13.6 Å². The molecule has 1 rings (SSSR count). The number of hydrogen-bond donors (Lipinski definition) is 1. The fourth-order valence-electron chi connectivity index (χ4n) is 2.08. The summed E-state index contributed by atoms with van der Waals surface area (Å²) >= 11 is 0. The van der Waals surface area contributed by atoms with Crippen molar-refractivity contribution in [2.75, 3.05) is 13.6 Å². The highest BCUT2D eigenvalue weighted by atomic mass is 19.1. The highest BCUT2D eigenvalue weighted by Crippen LogP contribution is 2.22. The topological polar surface area (TPSA) is 46.3 Å². The maximum absolute atomic E-state index is 12.9. The molecule has 0 heterocycles. The molecule has 2 atom stereocenters. The lowest BCUT2D eigenvalue weighted by molar-refractivity contribution is -0.137. The highest BCUT2D eigenvalue weighted by Gasteiger charge is 2.26. The Balaban J connectivity index is 2.84. The molecule has 1 aromatic rings. The summed E-state index contributed by atoms with van der Waals surface area (Å²) in [5, 5.41) is 0. The number of amides is 1. The molecule has 2 unspecified atom stereocenters. The number of carbonyl (C=O) groups is 1. The molecule has 1 aromatic carbocycles. The molecular weight excluding hydrogens is 243 g/mol. The van der Waals surface area contributed by atoms with Gasteiger partial charge in [-0.3, -0.25) is 4.79 Å². The maximum atomic E-state index is 12.9. The first-order valence-corrected chi connectivity index (χ1v) is 6.60. The largest absolute Gasteiger partial charge is 0.339 e. The molecule has 0 fully saturated rings. The fraction of sp³-hybridized carbons (Fsp3) is 0.533. The fourth-order valence-corrected chi connectivity index (χ4v) is 2.08. The van der Waals surface area contributed by atoms with E-state index < -0.39 is 0 Å². The van der Waals surface area contributed by atoms with Crippen molar-refractivity contribution in [2.24, 2.45) is 17.6 Å². The van der Waals surface area contributed by atoms with Gasteiger partial charge >= 0.3 is 0 Å². The number of benzene rings is 1. The Morgan fingerprint density at radius 3 is 2.21 bits per heavy atom. The predicted molar refractivity (Wildman–Crippen MR) is 75.0 cm³/mol. The van der Waals surface area contributed by atoms with E-state index in [4.69, 9.17) is 5.73 Å². The van der Waals surface area contributed by atoms with E-state index >= 15 is 0 Å². The van der Waals surface area contributed by atoms with E-state index in [1.165, 1.54) is 12.1 Å². The van der Waals surface area contributed by atoms with Crippen LogP contribution in [0.25, 0.3) is 0 Å². The molecule has 0 radical (unpaired) electrons. The van der Waals surface area contributed by atoms with Crippen LogP contribution in [0.2, 0.25) is 0 Å². The van der Waals surface area contributed by atoms with Crippen LogP contribution >= 0.6 is 0 Å². The monoisotopic (exact) mass is 266 g/mol. The summed E-state index contributed by atoms with van der Waals surface area (Å²) < 4.78 is 12.9. The third-order valence-electron chi connectivity index (χ3n) is 3.66. The van der Waals surface area contributed by atoms with Crippen molar-refractivity contribution in [1.82, 2.24) is 4.90 Å². The van der Waals surface area contributed by atoms with E-state index in [9.17, 15) is 9.18 Å². The number of halogens is 1. The lowest BCUT2D eigenvalue weighted by Crippen LogP contribution is -2.40. The molecule has 3 nitrogen and oxygen atoms in total. The Morgan fingerprint density at radius 1 is 1.26 bits per heavy atom. The van der Waals surface area contributed by atoms with Gasteiger partial charge in [-0.1, -0.05) is 26.0 Å². The van der Waals surface area contributed by atoms with E-state index in [1.54, 1.807) is 24.1 Å². The minimum atomic E-state index is -0.271. The predicted octanol–water partition coefficient (Wildman–Crippen LogP) is 2.58. The average Bonchev–Trinajstić information content (AvgIpc) is 2.38. The number of rotatable bonds is 5. The van der Waals surface area contributed by atoms with E-state index in [1.807, 2.05) is 20.8 Å². The Bertz CT molecular complexity index is 417. The minimum absolute atomic E-state index is 0.0364. The van der Waals surface area contributed by atoms with Gasteiger partial charge in [-0.15, -0.1) is 0 Å². The Hall–Kier alpha value is -1.42. The Morgan fingerprint density at radius 2 is 1.79 bits per heavy atom. The summed E-state index contributed by atoms with van der Waals surface area (Å²) in [5.74, 6) is -0.200. The smallest absolute Gasteiger partial charge is 0.227 e. The first-order valence-electron chi connectivity index (χ1n) is 6.60. The zero-order valence-corrected chi connectivity index (χ0v) is 12.1. The second kappa shape index (κ2) is 6.66. The van der Waals surface area contributed by atoms with Crippen LogP contribution < -0.4 is 5.73 Å². The summed E-state index contributed by atoms with van der Waals surface area (Å²) in [6.45, 7) is 6.26. The first kappa shape index (κ1) is 15.6. The molecule has 0 saturated heterocycles. The normalized spacial score (nSPS) is 14.3. The SMILES string of the molecule is CC(C)C(CN)C(=O)N(C)C(C)c1ccc(F)cc1. The third kappa shape index (κ3) is 3.77. The maximum Gasteiger partial charge on any atom is 0.227 e. The van der Waals surface area contributed by atoms with Crippen molar-refractivity contribution in [2.45, 2.75) is 26.8 Å². The summed E-state index contributed by atoms with van der Waals surface area (Å²) in [6, 6.07) is 6.13. The standard InChI is InChI=1S/C15H23FN2O/c1-10(2)14(9-17)15(19)18(4)11(3)12-5-7-13(16)8-6-12/h5-8,10-11,14H,9,17H2,1-4H3. The molecule has 0 aliphatic carbocycles. The number of nitrogens with two attached hydrogens (primary N) is 1. The van der Waals surface area contributed by atoms with Crippen molar-refractivity contribution in [1.29, 1.82) is 0 Å². The Labute approximate surface area is 114 Å². The van der Waals surface area contributed by atoms with Crippen molar-refractivity contribution < 1.29 is 9.18 Å². The van der Waals surface area contributed by atoms with Gasteiger partial charge in [0.05, 0.1) is 12.0 Å². The average molecular weight is 266 g/mol. The molecule has 2 N–H and O–H groups in total. The van der Waals surface area contributed by atoms with Crippen molar-refractivity contribution in [3.05, 3.63) is 35.6 Å². The lowest BCUT2D eigenvalue weighted by atomic mass is 9.93. The molecule has 0 aliphatic heterocycles. The van der Waals surface area contributed by atoms with E-state index in [0.29, 0.717) is 6.54 Å². The molecule has 19 heavy (non-hydrogen) atoms. The molecule has 0 aliphatic rings. The van der Waals surface area contributed by atoms with Crippen molar-refractivity contribution in [3.8, 4) is 0 Å². The van der Waals surface area contributed by atoms with Gasteiger partial charge in [0.15, 0.2) is 0 Å². The van der Waals surface area contributed by atoms with Gasteiger partial charge in [-0.05, 0) is 30.5 Å². The molecule has 0 aromatic heterocycles. The van der Waals surface area contributed by atoms with Crippen LogP contribution in [-0.4, -0.2) is 24.4 Å². The van der Waals surface area contributed by atoms with Crippen LogP contribution in [0.1, 0.15) is 32.4 Å². The molecule has 0 bridgehead atoms. The van der Waals surface area contributed by atoms with Gasteiger partial charge in [0.1, 0.15) is 5.82 Å². The van der Waals surface area contributed by atoms with Crippen LogP contribution in [-0.2, 0) is 4.79 Å². The molecule has 0 saturated carbocycles. The van der Waals surface area contributed by atoms with E-state index in [0.717, 1.165) is 5.56 Å². The summed E-state index contributed by atoms with van der Waals surface area (Å²) in [6.07, 6.45) is 0. The van der Waals surface area contributed by atoms with Gasteiger partial charge in [-0.25, -0.2) is 4.39 Å². The zero-order valence-electron chi connectivity index (χ0n) is 12.1. The van der Waals surface area contributed by atoms with E-state index in [-0.39, 0.29) is 29.6 Å². The van der Waals surface area contributed by atoms with Gasteiger partial charge < -0.3 is 10.6 Å². The quantitative estimate of drug-likeness (QED) is 0.890. The van der Waals surface area contributed by atoms with Crippen LogP contribution in [0.5, 0.6) is 0 Å². The minimum Gasteiger partial charge on any atom is -0.339 e. The van der Waals surface area contributed by atoms with Crippen LogP contribution in [0, 0.1) is 17.7 Å². The van der Waals surface area contributed by atoms with Crippen molar-refractivity contribution >= 4 is 5.91 Å². The first-order chi connectivity index (χ1) is 8.88. The molecule has 4 heteroatoms. The second-order valence-electron chi connectivity index (χ2n) is 5.26. The van der Waals surface area contributed by atoms with Crippen LogP contribution in [0.3, 0.4) is 0 Å². The molecular formula is C15H23FN2O. The number of carbonyl (C=O) groups excluding carboxylic acids is 1. The lowest BCUT2D eigenvalue weighted by Gasteiger charge is -2.30. The number of nitrogens with zero attached hydrogens (tertiary/aromatic N) is 1. The molecule has 1 amide bonds. The van der Waals surface area contributed by atoms with Gasteiger partial charge in [0.25, 0.3) is 0 Å². The van der Waals surface area contributed by atoms with Crippen LogP contribution in [0.4, 0.5) is 4.39 Å². The summed E-state index contributed by atoms with van der Waals surface area (Å²) in [5.41, 5.74) is 6.59. The highest BCUT2D eigenvalue weighted by molar-refractivity contribution is 5.79. The molecule has 106 valence electrons. The van der Waals surface area contributed by atoms with Gasteiger partial charge in [-0.2, -0.15) is 0 Å². The van der Waals surface area contributed by atoms with Crippen LogP contribution in [0.15, 0.2) is 24.3 Å². The third-order valence-corrected chi connectivity index (χ3v) is 3.66. The Kier molecular flexibility index (Phi) is 5.48. The van der Waals surface area contributed by atoms with Crippen molar-refractivity contribution in [3.63, 3.8) is 0 Å². The summed E-state index contributed by atoms with van der Waals surface area (Å²) in [4.78, 5) is 14.1. The number of hydrogen-bond acceptors (Lipinski definition) is 2. The second-order valence-corrected chi connectivity index (χ2v) is 5.26. The summed E-state index contributed by atoms with van der Waals surface area (Å²) in [7, 11) is 1.77. The van der Waals surface area contributed by atoms with E-state index in [2.05, 4.69) is 0 Å².